The summed E-state index contributed by atoms with van der Waals surface area (Å²) in [5, 5.41) is 9.46. The van der Waals surface area contributed by atoms with Gasteiger partial charge in [-0.15, -0.1) is 6.58 Å². The Hall–Kier alpha value is -2.68. The first-order valence-corrected chi connectivity index (χ1v) is 8.31. The largest absolute Gasteiger partial charge is 0.312 e. The van der Waals surface area contributed by atoms with E-state index in [1.807, 2.05) is 28.8 Å². The highest BCUT2D eigenvalue weighted by atomic mass is 35.5. The number of allylic oxidation sites excluding steroid dienone is 1. The van der Waals surface area contributed by atoms with Crippen LogP contribution in [0, 0.1) is 11.3 Å². The Morgan fingerprint density at radius 3 is 2.75 bits per heavy atom. The zero-order valence-electron chi connectivity index (χ0n) is 12.6. The topological polar surface area (TPSA) is 58.1 Å². The second-order valence-electron chi connectivity index (χ2n) is 5.00. The standard InChI is InChI=1S/C18H12ClN3OS/c1-2-9-22-15-8-7-14(19)10-16(15)24-18(22)21-17(23)13-5-3-12(11-20)4-6-13/h2-8,10H,1,9H2. The first-order chi connectivity index (χ1) is 11.6. The first-order valence-electron chi connectivity index (χ1n) is 7.11. The van der Waals surface area contributed by atoms with Gasteiger partial charge in [0.05, 0.1) is 21.8 Å². The van der Waals surface area contributed by atoms with Gasteiger partial charge in [-0.3, -0.25) is 4.79 Å². The van der Waals surface area contributed by atoms with Crippen molar-refractivity contribution in [3.8, 4) is 6.07 Å². The van der Waals surface area contributed by atoms with Gasteiger partial charge >= 0.3 is 0 Å². The zero-order chi connectivity index (χ0) is 17.1. The SMILES string of the molecule is C=CCn1c(=NC(=O)c2ccc(C#N)cc2)sc2cc(Cl)ccc21. The lowest BCUT2D eigenvalue weighted by molar-refractivity contribution is 0.0998. The summed E-state index contributed by atoms with van der Waals surface area (Å²) in [5.41, 5.74) is 1.90. The second kappa shape index (κ2) is 6.83. The summed E-state index contributed by atoms with van der Waals surface area (Å²) < 4.78 is 2.88. The third kappa shape index (κ3) is 3.16. The van der Waals surface area contributed by atoms with Crippen LogP contribution in [-0.4, -0.2) is 10.5 Å². The molecule has 0 spiro atoms. The minimum absolute atomic E-state index is 0.352. The van der Waals surface area contributed by atoms with Gasteiger partial charge in [0.1, 0.15) is 0 Å². The van der Waals surface area contributed by atoms with Gasteiger partial charge in [-0.05, 0) is 42.5 Å². The van der Waals surface area contributed by atoms with E-state index in [0.29, 0.717) is 27.5 Å². The molecule has 1 heterocycles. The summed E-state index contributed by atoms with van der Waals surface area (Å²) >= 11 is 7.44. The van der Waals surface area contributed by atoms with E-state index in [-0.39, 0.29) is 5.91 Å². The number of hydrogen-bond donors (Lipinski definition) is 0. The molecule has 0 aliphatic heterocycles. The normalized spacial score (nSPS) is 11.4. The maximum absolute atomic E-state index is 12.4. The number of fused-ring (bicyclic) bond motifs is 1. The molecule has 3 aromatic rings. The molecule has 1 aromatic heterocycles. The van der Waals surface area contributed by atoms with Crippen molar-refractivity contribution in [1.29, 1.82) is 5.26 Å². The second-order valence-corrected chi connectivity index (χ2v) is 6.45. The number of hydrogen-bond acceptors (Lipinski definition) is 3. The summed E-state index contributed by atoms with van der Waals surface area (Å²) in [6.07, 6.45) is 1.76. The molecule has 0 unspecified atom stereocenters. The average molecular weight is 354 g/mol. The van der Waals surface area contributed by atoms with Crippen LogP contribution in [0.15, 0.2) is 60.1 Å². The third-order valence-corrected chi connectivity index (χ3v) is 4.69. The van der Waals surface area contributed by atoms with Crippen molar-refractivity contribution in [2.45, 2.75) is 6.54 Å². The lowest BCUT2D eigenvalue weighted by Gasteiger charge is -2.01. The van der Waals surface area contributed by atoms with Gasteiger partial charge in [0, 0.05) is 17.1 Å². The lowest BCUT2D eigenvalue weighted by atomic mass is 10.1. The number of thiazole rings is 1. The molecule has 118 valence electrons. The van der Waals surface area contributed by atoms with Gasteiger partial charge in [0.25, 0.3) is 5.91 Å². The number of carbonyl (C=O) groups is 1. The highest BCUT2D eigenvalue weighted by molar-refractivity contribution is 7.16. The average Bonchev–Trinajstić information content (AvgIpc) is 2.91. The Balaban J connectivity index is 2.10. The van der Waals surface area contributed by atoms with E-state index in [2.05, 4.69) is 11.6 Å². The third-order valence-electron chi connectivity index (χ3n) is 3.41. The minimum atomic E-state index is -0.352. The van der Waals surface area contributed by atoms with E-state index in [1.165, 1.54) is 11.3 Å². The molecular weight excluding hydrogens is 342 g/mol. The molecule has 4 nitrogen and oxygen atoms in total. The number of nitrogens with zero attached hydrogens (tertiary/aromatic N) is 3. The molecule has 0 bridgehead atoms. The maximum atomic E-state index is 12.4. The van der Waals surface area contributed by atoms with Crippen molar-refractivity contribution in [2.75, 3.05) is 0 Å². The Morgan fingerprint density at radius 1 is 1.33 bits per heavy atom. The molecule has 0 N–H and O–H groups in total. The van der Waals surface area contributed by atoms with Crippen molar-refractivity contribution in [2.24, 2.45) is 4.99 Å². The van der Waals surface area contributed by atoms with E-state index in [0.717, 1.165) is 10.2 Å². The number of halogens is 1. The Bertz CT molecular complexity index is 1040. The molecule has 0 radical (unpaired) electrons. The fourth-order valence-corrected chi connectivity index (χ4v) is 3.59. The highest BCUT2D eigenvalue weighted by Crippen LogP contribution is 2.22. The van der Waals surface area contributed by atoms with Crippen molar-refractivity contribution in [3.05, 3.63) is 76.1 Å². The monoisotopic (exact) mass is 353 g/mol. The summed E-state index contributed by atoms with van der Waals surface area (Å²) in [6, 6.07) is 14.0. The summed E-state index contributed by atoms with van der Waals surface area (Å²) in [7, 11) is 0. The van der Waals surface area contributed by atoms with Crippen LogP contribution < -0.4 is 4.80 Å². The van der Waals surface area contributed by atoms with Crippen LogP contribution in [0.5, 0.6) is 0 Å². The Labute approximate surface area is 147 Å². The summed E-state index contributed by atoms with van der Waals surface area (Å²) in [6.45, 7) is 4.30. The predicted molar refractivity (Wildman–Crippen MR) is 96.1 cm³/mol. The van der Waals surface area contributed by atoms with Gasteiger partial charge in [-0.1, -0.05) is 29.0 Å². The molecule has 0 atom stereocenters. The van der Waals surface area contributed by atoms with Crippen molar-refractivity contribution in [3.63, 3.8) is 0 Å². The number of benzene rings is 2. The molecule has 3 rings (SSSR count). The quantitative estimate of drug-likeness (QED) is 0.664. The predicted octanol–water partition coefficient (Wildman–Crippen LogP) is 4.15. The smallest absolute Gasteiger partial charge is 0.279 e. The number of amides is 1. The molecule has 1 amide bonds. The van der Waals surface area contributed by atoms with Crippen molar-refractivity contribution >= 4 is 39.1 Å². The molecule has 2 aromatic carbocycles. The number of rotatable bonds is 3. The number of carbonyl (C=O) groups excluding carboxylic acids is 1. The van der Waals surface area contributed by atoms with Gasteiger partial charge in [0.2, 0.25) is 0 Å². The van der Waals surface area contributed by atoms with E-state index >= 15 is 0 Å². The van der Waals surface area contributed by atoms with Crippen LogP contribution in [0.4, 0.5) is 0 Å². The first kappa shape index (κ1) is 16.2. The number of aromatic nitrogens is 1. The van der Waals surface area contributed by atoms with Gasteiger partial charge < -0.3 is 4.57 Å². The molecular formula is C18H12ClN3OS. The van der Waals surface area contributed by atoms with Gasteiger partial charge in [0.15, 0.2) is 4.80 Å². The van der Waals surface area contributed by atoms with E-state index in [1.54, 1.807) is 30.3 Å². The van der Waals surface area contributed by atoms with E-state index < -0.39 is 0 Å². The summed E-state index contributed by atoms with van der Waals surface area (Å²) in [5.74, 6) is -0.352. The van der Waals surface area contributed by atoms with E-state index in [9.17, 15) is 4.79 Å². The molecule has 0 fully saturated rings. The lowest BCUT2D eigenvalue weighted by Crippen LogP contribution is -2.16. The Morgan fingerprint density at radius 2 is 2.08 bits per heavy atom. The molecule has 0 saturated carbocycles. The fraction of sp³-hybridized carbons (Fsp3) is 0.0556. The van der Waals surface area contributed by atoms with Crippen LogP contribution in [0.2, 0.25) is 5.02 Å². The maximum Gasteiger partial charge on any atom is 0.279 e. The Kier molecular flexibility index (Phi) is 4.61. The molecule has 6 heteroatoms. The van der Waals surface area contributed by atoms with Crippen LogP contribution in [-0.2, 0) is 6.54 Å². The van der Waals surface area contributed by atoms with Gasteiger partial charge in [-0.2, -0.15) is 10.3 Å². The van der Waals surface area contributed by atoms with E-state index in [4.69, 9.17) is 16.9 Å². The van der Waals surface area contributed by atoms with Crippen LogP contribution in [0.3, 0.4) is 0 Å². The van der Waals surface area contributed by atoms with Gasteiger partial charge in [-0.25, -0.2) is 0 Å². The molecule has 0 aliphatic rings. The molecule has 24 heavy (non-hydrogen) atoms. The molecule has 0 saturated heterocycles. The van der Waals surface area contributed by atoms with Crippen LogP contribution in [0.25, 0.3) is 10.2 Å². The van der Waals surface area contributed by atoms with Crippen LogP contribution in [0.1, 0.15) is 15.9 Å². The summed E-state index contributed by atoms with van der Waals surface area (Å²) in [4.78, 5) is 17.2. The van der Waals surface area contributed by atoms with Crippen molar-refractivity contribution in [1.82, 2.24) is 4.57 Å². The van der Waals surface area contributed by atoms with Crippen molar-refractivity contribution < 1.29 is 4.79 Å². The zero-order valence-corrected chi connectivity index (χ0v) is 14.1. The minimum Gasteiger partial charge on any atom is -0.312 e. The highest BCUT2D eigenvalue weighted by Gasteiger charge is 2.09. The number of nitriles is 1. The fourth-order valence-electron chi connectivity index (χ4n) is 2.28. The van der Waals surface area contributed by atoms with Crippen LogP contribution >= 0.6 is 22.9 Å². The molecule has 0 aliphatic carbocycles.